The van der Waals surface area contributed by atoms with Gasteiger partial charge in [-0.15, -0.1) is 0 Å². The van der Waals surface area contributed by atoms with Gasteiger partial charge < -0.3 is 5.32 Å². The van der Waals surface area contributed by atoms with Crippen molar-refractivity contribution < 1.29 is 4.79 Å². The van der Waals surface area contributed by atoms with Gasteiger partial charge in [-0.05, 0) is 30.7 Å². The standard InChI is InChI=1S/C22H19ClN8O/c1-14-17(12-25-29(14)2)19-6-8-24-21-11-18(27-31(19)21)22(32)26-20-7-9-30(28-20)13-15-4-3-5-16(23)10-15/h3-12H,13H2,1-2H3,(H,26,28,32). The molecule has 0 unspecified atom stereocenters. The quantitative estimate of drug-likeness (QED) is 0.445. The molecule has 0 spiro atoms. The lowest BCUT2D eigenvalue weighted by atomic mass is 10.2. The van der Waals surface area contributed by atoms with E-state index in [1.165, 1.54) is 0 Å². The molecule has 0 fully saturated rings. The molecule has 5 aromatic rings. The lowest BCUT2D eigenvalue weighted by Gasteiger charge is -2.04. The summed E-state index contributed by atoms with van der Waals surface area (Å²) in [6, 6.07) is 12.8. The van der Waals surface area contributed by atoms with E-state index in [1.807, 2.05) is 44.3 Å². The summed E-state index contributed by atoms with van der Waals surface area (Å²) < 4.78 is 5.17. The number of benzene rings is 1. The van der Waals surface area contributed by atoms with Crippen LogP contribution in [-0.2, 0) is 13.6 Å². The number of amides is 1. The van der Waals surface area contributed by atoms with Gasteiger partial charge in [0, 0.05) is 47.9 Å². The van der Waals surface area contributed by atoms with Crippen molar-refractivity contribution in [3.05, 3.63) is 83.0 Å². The third kappa shape index (κ3) is 3.74. The van der Waals surface area contributed by atoms with E-state index in [0.717, 1.165) is 22.5 Å². The highest BCUT2D eigenvalue weighted by atomic mass is 35.5. The van der Waals surface area contributed by atoms with Crippen molar-refractivity contribution >= 4 is 29.0 Å². The summed E-state index contributed by atoms with van der Waals surface area (Å²) in [5.41, 5.74) is 4.56. The number of aromatic nitrogens is 7. The van der Waals surface area contributed by atoms with Crippen LogP contribution >= 0.6 is 11.6 Å². The molecule has 0 saturated heterocycles. The molecule has 0 aliphatic rings. The molecule has 32 heavy (non-hydrogen) atoms. The van der Waals surface area contributed by atoms with Gasteiger partial charge in [0.1, 0.15) is 0 Å². The summed E-state index contributed by atoms with van der Waals surface area (Å²) in [5, 5.41) is 16.6. The Labute approximate surface area is 188 Å². The Hall–Kier alpha value is -3.98. The minimum absolute atomic E-state index is 0.246. The number of carbonyl (C=O) groups excluding carboxylic acids is 1. The van der Waals surface area contributed by atoms with Gasteiger partial charge in [-0.1, -0.05) is 23.7 Å². The van der Waals surface area contributed by atoms with Gasteiger partial charge in [-0.2, -0.15) is 15.3 Å². The zero-order valence-electron chi connectivity index (χ0n) is 17.4. The van der Waals surface area contributed by atoms with Gasteiger partial charge in [0.25, 0.3) is 5.91 Å². The molecule has 4 heterocycles. The van der Waals surface area contributed by atoms with Crippen molar-refractivity contribution in [2.45, 2.75) is 13.5 Å². The minimum Gasteiger partial charge on any atom is -0.304 e. The Morgan fingerprint density at radius 3 is 2.81 bits per heavy atom. The molecule has 0 atom stereocenters. The molecule has 0 aliphatic carbocycles. The molecule has 1 N–H and O–H groups in total. The summed E-state index contributed by atoms with van der Waals surface area (Å²) in [6.45, 7) is 2.52. The van der Waals surface area contributed by atoms with Crippen molar-refractivity contribution in [2.24, 2.45) is 7.05 Å². The molecule has 9 nitrogen and oxygen atoms in total. The topological polar surface area (TPSA) is 94.9 Å². The number of halogens is 1. The van der Waals surface area contributed by atoms with E-state index in [4.69, 9.17) is 11.6 Å². The SMILES string of the molecule is Cc1c(-c2ccnc3cc(C(=O)Nc4ccn(Cc5cccc(Cl)c5)n4)nn23)cnn1C. The van der Waals surface area contributed by atoms with Crippen LogP contribution in [-0.4, -0.2) is 40.1 Å². The molecule has 160 valence electrons. The summed E-state index contributed by atoms with van der Waals surface area (Å²) in [4.78, 5) is 17.2. The summed E-state index contributed by atoms with van der Waals surface area (Å²) >= 11 is 6.04. The fraction of sp³-hybridized carbons (Fsp3) is 0.136. The second-order valence-electron chi connectivity index (χ2n) is 7.38. The van der Waals surface area contributed by atoms with Gasteiger partial charge in [-0.3, -0.25) is 14.2 Å². The molecule has 0 radical (unpaired) electrons. The number of nitrogens with one attached hydrogen (secondary N) is 1. The summed E-state index contributed by atoms with van der Waals surface area (Å²) in [7, 11) is 1.88. The third-order valence-corrected chi connectivity index (χ3v) is 5.45. The Bertz CT molecular complexity index is 1450. The minimum atomic E-state index is -0.364. The van der Waals surface area contributed by atoms with Gasteiger partial charge in [0.05, 0.1) is 18.4 Å². The van der Waals surface area contributed by atoms with E-state index in [2.05, 4.69) is 25.6 Å². The van der Waals surface area contributed by atoms with Crippen LogP contribution in [0.4, 0.5) is 5.82 Å². The number of nitrogens with zero attached hydrogens (tertiary/aromatic N) is 7. The van der Waals surface area contributed by atoms with Crippen molar-refractivity contribution in [3.8, 4) is 11.3 Å². The normalized spacial score (nSPS) is 11.2. The Balaban J connectivity index is 1.37. The molecule has 0 aliphatic heterocycles. The van der Waals surface area contributed by atoms with Crippen LogP contribution in [0.2, 0.25) is 5.02 Å². The Morgan fingerprint density at radius 2 is 2.03 bits per heavy atom. The van der Waals surface area contributed by atoms with Gasteiger partial charge in [0.2, 0.25) is 0 Å². The van der Waals surface area contributed by atoms with E-state index in [9.17, 15) is 4.79 Å². The molecule has 1 aromatic carbocycles. The van der Waals surface area contributed by atoms with Crippen molar-refractivity contribution in [3.63, 3.8) is 0 Å². The van der Waals surface area contributed by atoms with Crippen LogP contribution in [0.3, 0.4) is 0 Å². The highest BCUT2D eigenvalue weighted by Crippen LogP contribution is 2.23. The largest absolute Gasteiger partial charge is 0.304 e. The average Bonchev–Trinajstić information content (AvgIpc) is 3.48. The van der Waals surface area contributed by atoms with Crippen molar-refractivity contribution in [2.75, 3.05) is 5.32 Å². The van der Waals surface area contributed by atoms with Crippen molar-refractivity contribution in [1.29, 1.82) is 0 Å². The first-order valence-electron chi connectivity index (χ1n) is 9.91. The highest BCUT2D eigenvalue weighted by molar-refractivity contribution is 6.30. The molecule has 5 rings (SSSR count). The average molecular weight is 447 g/mol. The molecular weight excluding hydrogens is 428 g/mol. The van der Waals surface area contributed by atoms with E-state index in [-0.39, 0.29) is 11.6 Å². The fourth-order valence-electron chi connectivity index (χ4n) is 3.48. The second kappa shape index (κ2) is 7.93. The zero-order valence-corrected chi connectivity index (χ0v) is 18.2. The first-order valence-corrected chi connectivity index (χ1v) is 10.3. The third-order valence-electron chi connectivity index (χ3n) is 5.22. The number of carbonyl (C=O) groups is 1. The monoisotopic (exact) mass is 446 g/mol. The lowest BCUT2D eigenvalue weighted by molar-refractivity contribution is 0.102. The number of hydrogen-bond donors (Lipinski definition) is 1. The van der Waals surface area contributed by atoms with E-state index in [1.54, 1.807) is 44.6 Å². The number of aryl methyl sites for hydroxylation is 1. The molecule has 0 saturated carbocycles. The number of anilines is 1. The highest BCUT2D eigenvalue weighted by Gasteiger charge is 2.17. The Kier molecular flexibility index (Phi) is 4.95. The first-order chi connectivity index (χ1) is 15.5. The van der Waals surface area contributed by atoms with Crippen LogP contribution in [0.5, 0.6) is 0 Å². The maximum absolute atomic E-state index is 12.8. The van der Waals surface area contributed by atoms with Crippen LogP contribution in [0.25, 0.3) is 16.9 Å². The predicted octanol–water partition coefficient (Wildman–Crippen LogP) is 3.59. The molecule has 0 bridgehead atoms. The number of hydrogen-bond acceptors (Lipinski definition) is 5. The zero-order chi connectivity index (χ0) is 22.2. The van der Waals surface area contributed by atoms with Crippen molar-refractivity contribution in [1.82, 2.24) is 34.2 Å². The first kappa shape index (κ1) is 20.0. The van der Waals surface area contributed by atoms with E-state index >= 15 is 0 Å². The molecule has 1 amide bonds. The summed E-state index contributed by atoms with van der Waals surface area (Å²) in [6.07, 6.45) is 5.26. The smallest absolute Gasteiger partial charge is 0.277 e. The fourth-order valence-corrected chi connectivity index (χ4v) is 3.69. The van der Waals surface area contributed by atoms with Crippen LogP contribution in [0.1, 0.15) is 21.7 Å². The molecule has 4 aromatic heterocycles. The van der Waals surface area contributed by atoms with E-state index in [0.29, 0.717) is 23.0 Å². The number of fused-ring (bicyclic) bond motifs is 1. The predicted molar refractivity (Wildman–Crippen MR) is 121 cm³/mol. The maximum Gasteiger partial charge on any atom is 0.277 e. The van der Waals surface area contributed by atoms with Gasteiger partial charge >= 0.3 is 0 Å². The van der Waals surface area contributed by atoms with E-state index < -0.39 is 0 Å². The number of rotatable bonds is 5. The second-order valence-corrected chi connectivity index (χ2v) is 7.82. The maximum atomic E-state index is 12.8. The van der Waals surface area contributed by atoms with Gasteiger partial charge in [0.15, 0.2) is 17.2 Å². The lowest BCUT2D eigenvalue weighted by Crippen LogP contribution is -2.13. The summed E-state index contributed by atoms with van der Waals surface area (Å²) in [5.74, 6) is 0.0720. The van der Waals surface area contributed by atoms with Crippen LogP contribution < -0.4 is 5.32 Å². The van der Waals surface area contributed by atoms with Crippen LogP contribution in [0, 0.1) is 6.92 Å². The Morgan fingerprint density at radius 1 is 1.16 bits per heavy atom. The van der Waals surface area contributed by atoms with Gasteiger partial charge in [-0.25, -0.2) is 9.50 Å². The molecular formula is C22H19ClN8O. The molecule has 10 heteroatoms. The van der Waals surface area contributed by atoms with Crippen LogP contribution in [0.15, 0.2) is 61.1 Å².